The van der Waals surface area contributed by atoms with Gasteiger partial charge >= 0.3 is 6.18 Å². The molecule has 1 saturated heterocycles. The fraction of sp³-hybridized carbons (Fsp3) is 0.375. The van der Waals surface area contributed by atoms with Crippen LogP contribution in [0.3, 0.4) is 0 Å². The highest BCUT2D eigenvalue weighted by Crippen LogP contribution is 2.30. The molecule has 2 aromatic rings. The smallest absolute Gasteiger partial charge is 0.416 e. The first kappa shape index (κ1) is 16.5. The van der Waals surface area contributed by atoms with Crippen molar-refractivity contribution in [1.82, 2.24) is 9.97 Å². The molecule has 1 fully saturated rings. The molecule has 1 aliphatic heterocycles. The number of rotatable bonds is 5. The van der Waals surface area contributed by atoms with Gasteiger partial charge in [-0.25, -0.2) is 9.97 Å². The van der Waals surface area contributed by atoms with Crippen molar-refractivity contribution in [2.75, 3.05) is 18.5 Å². The summed E-state index contributed by atoms with van der Waals surface area (Å²) in [5.41, 5.74) is 0.0955. The summed E-state index contributed by atoms with van der Waals surface area (Å²) in [5, 5.41) is 2.88. The summed E-state index contributed by atoms with van der Waals surface area (Å²) in [6.07, 6.45) is -0.849. The van der Waals surface area contributed by atoms with Gasteiger partial charge in [0.15, 0.2) is 0 Å². The van der Waals surface area contributed by atoms with E-state index in [0.29, 0.717) is 25.6 Å². The molecular formula is C16H16F3N3O2. The molecule has 1 unspecified atom stereocenters. The van der Waals surface area contributed by atoms with E-state index in [1.807, 2.05) is 0 Å². The number of nitrogens with zero attached hydrogens (tertiary/aromatic N) is 2. The van der Waals surface area contributed by atoms with E-state index in [4.69, 9.17) is 9.47 Å². The van der Waals surface area contributed by atoms with Crippen molar-refractivity contribution in [2.45, 2.75) is 25.2 Å². The van der Waals surface area contributed by atoms with Crippen molar-refractivity contribution in [2.24, 2.45) is 0 Å². The zero-order chi connectivity index (χ0) is 17.0. The molecule has 0 bridgehead atoms. The van der Waals surface area contributed by atoms with E-state index in [2.05, 4.69) is 15.3 Å². The Labute approximate surface area is 136 Å². The lowest BCUT2D eigenvalue weighted by atomic mass is 10.2. The van der Waals surface area contributed by atoms with Gasteiger partial charge in [0.2, 0.25) is 5.88 Å². The zero-order valence-corrected chi connectivity index (χ0v) is 12.7. The van der Waals surface area contributed by atoms with Crippen LogP contribution in [0.5, 0.6) is 5.88 Å². The van der Waals surface area contributed by atoms with E-state index in [0.717, 1.165) is 30.3 Å². The highest BCUT2D eigenvalue weighted by Gasteiger charge is 2.30. The third kappa shape index (κ3) is 4.35. The Morgan fingerprint density at radius 3 is 2.79 bits per heavy atom. The zero-order valence-electron chi connectivity index (χ0n) is 12.7. The number of anilines is 1. The molecule has 0 amide bonds. The average Bonchev–Trinajstić information content (AvgIpc) is 3.06. The van der Waals surface area contributed by atoms with Crippen molar-refractivity contribution in [1.29, 1.82) is 0 Å². The van der Waals surface area contributed by atoms with Crippen LogP contribution >= 0.6 is 0 Å². The maximum atomic E-state index is 12.7. The first-order valence-corrected chi connectivity index (χ1v) is 7.47. The molecule has 1 atom stereocenters. The molecule has 0 saturated carbocycles. The van der Waals surface area contributed by atoms with E-state index in [1.54, 1.807) is 18.3 Å². The molecule has 5 nitrogen and oxygen atoms in total. The van der Waals surface area contributed by atoms with Crippen molar-refractivity contribution in [3.05, 3.63) is 47.8 Å². The van der Waals surface area contributed by atoms with Crippen LogP contribution in [-0.4, -0.2) is 29.3 Å². The van der Waals surface area contributed by atoms with Gasteiger partial charge < -0.3 is 14.8 Å². The topological polar surface area (TPSA) is 56.3 Å². The number of hydrogen-bond acceptors (Lipinski definition) is 5. The first-order valence-electron chi connectivity index (χ1n) is 7.47. The number of hydrogen-bond donors (Lipinski definition) is 1. The minimum absolute atomic E-state index is 0.00848. The Hall–Kier alpha value is -2.35. The average molecular weight is 339 g/mol. The lowest BCUT2D eigenvalue weighted by molar-refractivity contribution is -0.137. The van der Waals surface area contributed by atoms with Crippen molar-refractivity contribution < 1.29 is 22.6 Å². The SMILES string of the molecule is FC(F)(F)c1ccnc(NCc2ccnc(OC3CCOC3)c2)c1. The van der Waals surface area contributed by atoms with Gasteiger partial charge in [0.05, 0.1) is 18.8 Å². The Bertz CT molecular complexity index is 688. The number of pyridine rings is 2. The Morgan fingerprint density at radius 1 is 1.21 bits per heavy atom. The third-order valence-electron chi connectivity index (χ3n) is 3.54. The number of ether oxygens (including phenoxy) is 2. The molecule has 1 N–H and O–H groups in total. The van der Waals surface area contributed by atoms with Crippen LogP contribution in [-0.2, 0) is 17.5 Å². The fourth-order valence-electron chi connectivity index (χ4n) is 2.30. The van der Waals surface area contributed by atoms with Crippen LogP contribution in [0.15, 0.2) is 36.7 Å². The molecule has 1 aliphatic rings. The summed E-state index contributed by atoms with van der Waals surface area (Å²) in [5.74, 6) is 0.634. The molecule has 2 aromatic heterocycles. The van der Waals surface area contributed by atoms with Crippen LogP contribution < -0.4 is 10.1 Å². The summed E-state index contributed by atoms with van der Waals surface area (Å²) in [6.45, 7) is 1.53. The summed E-state index contributed by atoms with van der Waals surface area (Å²) in [4.78, 5) is 8.03. The van der Waals surface area contributed by atoms with Gasteiger partial charge in [0, 0.05) is 31.4 Å². The molecule has 0 aromatic carbocycles. The highest BCUT2D eigenvalue weighted by atomic mass is 19.4. The molecular weight excluding hydrogens is 323 g/mol. The molecule has 24 heavy (non-hydrogen) atoms. The Balaban J connectivity index is 1.62. The third-order valence-corrected chi connectivity index (χ3v) is 3.54. The number of nitrogens with one attached hydrogen (secondary N) is 1. The number of alkyl halides is 3. The number of halogens is 3. The van der Waals surface area contributed by atoms with Crippen molar-refractivity contribution in [3.8, 4) is 5.88 Å². The second kappa shape index (κ2) is 7.04. The highest BCUT2D eigenvalue weighted by molar-refractivity contribution is 5.39. The van der Waals surface area contributed by atoms with Crippen molar-refractivity contribution in [3.63, 3.8) is 0 Å². The maximum Gasteiger partial charge on any atom is 0.416 e. The molecule has 3 rings (SSSR count). The van der Waals surface area contributed by atoms with Gasteiger partial charge in [0.25, 0.3) is 0 Å². The Morgan fingerprint density at radius 2 is 2.04 bits per heavy atom. The second-order valence-electron chi connectivity index (χ2n) is 5.39. The van der Waals surface area contributed by atoms with Gasteiger partial charge in [0.1, 0.15) is 11.9 Å². The summed E-state index contributed by atoms with van der Waals surface area (Å²) >= 11 is 0. The van der Waals surface area contributed by atoms with E-state index in [1.165, 1.54) is 0 Å². The van der Waals surface area contributed by atoms with Gasteiger partial charge in [-0.05, 0) is 23.8 Å². The fourth-order valence-corrected chi connectivity index (χ4v) is 2.30. The first-order chi connectivity index (χ1) is 11.5. The van der Waals surface area contributed by atoms with E-state index in [-0.39, 0.29) is 11.9 Å². The lowest BCUT2D eigenvalue weighted by Crippen LogP contribution is -2.16. The molecule has 0 spiro atoms. The maximum absolute atomic E-state index is 12.7. The summed E-state index contributed by atoms with van der Waals surface area (Å²) < 4.78 is 49.0. The number of aromatic nitrogens is 2. The molecule has 0 radical (unpaired) electrons. The van der Waals surface area contributed by atoms with Crippen molar-refractivity contribution >= 4 is 5.82 Å². The van der Waals surface area contributed by atoms with Gasteiger partial charge in [-0.15, -0.1) is 0 Å². The van der Waals surface area contributed by atoms with Gasteiger partial charge in [-0.3, -0.25) is 0 Å². The van der Waals surface area contributed by atoms with Crippen LogP contribution in [0.25, 0.3) is 0 Å². The quantitative estimate of drug-likeness (QED) is 0.906. The standard InChI is InChI=1S/C16H16F3N3O2/c17-16(18,19)12-2-5-20-14(8-12)22-9-11-1-4-21-15(7-11)24-13-3-6-23-10-13/h1-2,4-5,7-8,13H,3,6,9-10H2,(H,20,22). The monoisotopic (exact) mass is 339 g/mol. The molecule has 8 heteroatoms. The second-order valence-corrected chi connectivity index (χ2v) is 5.39. The van der Waals surface area contributed by atoms with Crippen LogP contribution in [0, 0.1) is 0 Å². The van der Waals surface area contributed by atoms with E-state index in [9.17, 15) is 13.2 Å². The predicted octanol–water partition coefficient (Wildman–Crippen LogP) is 3.28. The minimum Gasteiger partial charge on any atom is -0.472 e. The normalized spacial score (nSPS) is 17.7. The molecule has 3 heterocycles. The van der Waals surface area contributed by atoms with Crippen LogP contribution in [0.2, 0.25) is 0 Å². The summed E-state index contributed by atoms with van der Waals surface area (Å²) in [6, 6.07) is 5.43. The minimum atomic E-state index is -4.39. The predicted molar refractivity (Wildman–Crippen MR) is 80.7 cm³/mol. The van der Waals surface area contributed by atoms with Gasteiger partial charge in [-0.1, -0.05) is 0 Å². The van der Waals surface area contributed by atoms with E-state index < -0.39 is 11.7 Å². The van der Waals surface area contributed by atoms with E-state index >= 15 is 0 Å². The Kier molecular flexibility index (Phi) is 4.84. The van der Waals surface area contributed by atoms with Crippen LogP contribution in [0.1, 0.15) is 17.5 Å². The van der Waals surface area contributed by atoms with Crippen LogP contribution in [0.4, 0.5) is 19.0 Å². The van der Waals surface area contributed by atoms with Gasteiger partial charge in [-0.2, -0.15) is 13.2 Å². The largest absolute Gasteiger partial charge is 0.472 e. The lowest BCUT2D eigenvalue weighted by Gasteiger charge is -2.12. The molecule has 128 valence electrons. The molecule has 0 aliphatic carbocycles. The summed E-state index contributed by atoms with van der Waals surface area (Å²) in [7, 11) is 0.